The standard InChI is InChI=1S/C9H5F6NO4/c1-19-7(18)5-3(8(10,11)12)2-4(6(17)16-5)20-9(13,14)15/h2H,1H3,(H,16,17). The lowest BCUT2D eigenvalue weighted by Gasteiger charge is -2.14. The van der Waals surface area contributed by atoms with Crippen LogP contribution >= 0.6 is 0 Å². The Morgan fingerprint density at radius 3 is 2.15 bits per heavy atom. The largest absolute Gasteiger partial charge is 0.573 e. The highest BCUT2D eigenvalue weighted by Crippen LogP contribution is 2.33. The van der Waals surface area contributed by atoms with Crippen molar-refractivity contribution < 1.29 is 40.6 Å². The number of alkyl halides is 6. The van der Waals surface area contributed by atoms with Gasteiger partial charge in [-0.3, -0.25) is 4.79 Å². The van der Waals surface area contributed by atoms with Crippen molar-refractivity contribution in [2.75, 3.05) is 7.11 Å². The van der Waals surface area contributed by atoms with Crippen LogP contribution in [0.1, 0.15) is 16.1 Å². The third kappa shape index (κ3) is 3.65. The van der Waals surface area contributed by atoms with Crippen LogP contribution in [0.25, 0.3) is 0 Å². The highest BCUT2D eigenvalue weighted by molar-refractivity contribution is 5.89. The molecule has 11 heteroatoms. The second kappa shape index (κ2) is 5.06. The molecule has 112 valence electrons. The number of aromatic amines is 1. The van der Waals surface area contributed by atoms with E-state index in [-0.39, 0.29) is 6.07 Å². The number of esters is 1. The van der Waals surface area contributed by atoms with Crippen LogP contribution in [0.5, 0.6) is 5.75 Å². The van der Waals surface area contributed by atoms with Crippen molar-refractivity contribution in [2.45, 2.75) is 12.5 Å². The van der Waals surface area contributed by atoms with Gasteiger partial charge in [-0.25, -0.2) is 4.79 Å². The molecule has 0 amide bonds. The van der Waals surface area contributed by atoms with Gasteiger partial charge < -0.3 is 14.5 Å². The van der Waals surface area contributed by atoms with Crippen LogP contribution in [0.2, 0.25) is 0 Å². The van der Waals surface area contributed by atoms with Gasteiger partial charge >= 0.3 is 18.5 Å². The van der Waals surface area contributed by atoms with Crippen LogP contribution in [-0.4, -0.2) is 24.4 Å². The quantitative estimate of drug-likeness (QED) is 0.671. The summed E-state index contributed by atoms with van der Waals surface area (Å²) >= 11 is 0. The number of pyridine rings is 1. The van der Waals surface area contributed by atoms with E-state index in [0.29, 0.717) is 0 Å². The monoisotopic (exact) mass is 305 g/mol. The van der Waals surface area contributed by atoms with E-state index in [1.54, 1.807) is 0 Å². The van der Waals surface area contributed by atoms with E-state index in [2.05, 4.69) is 9.47 Å². The van der Waals surface area contributed by atoms with E-state index in [0.717, 1.165) is 7.11 Å². The highest BCUT2D eigenvalue weighted by Gasteiger charge is 2.39. The van der Waals surface area contributed by atoms with Gasteiger partial charge in [-0.1, -0.05) is 0 Å². The van der Waals surface area contributed by atoms with E-state index in [1.807, 2.05) is 0 Å². The lowest BCUT2D eigenvalue weighted by molar-refractivity contribution is -0.275. The molecule has 0 unspecified atom stereocenters. The van der Waals surface area contributed by atoms with Crippen LogP contribution in [0.4, 0.5) is 26.3 Å². The first-order valence-electron chi connectivity index (χ1n) is 4.64. The van der Waals surface area contributed by atoms with Gasteiger partial charge in [0.05, 0.1) is 12.7 Å². The summed E-state index contributed by atoms with van der Waals surface area (Å²) in [6.45, 7) is 0. The molecule has 0 spiro atoms. The Morgan fingerprint density at radius 1 is 1.20 bits per heavy atom. The minimum atomic E-state index is -5.36. The first-order valence-corrected chi connectivity index (χ1v) is 4.64. The summed E-state index contributed by atoms with van der Waals surface area (Å²) in [5.74, 6) is -3.20. The van der Waals surface area contributed by atoms with Crippen molar-refractivity contribution in [3.8, 4) is 5.75 Å². The Morgan fingerprint density at radius 2 is 1.75 bits per heavy atom. The second-order valence-electron chi connectivity index (χ2n) is 3.29. The van der Waals surface area contributed by atoms with Crippen LogP contribution < -0.4 is 10.3 Å². The molecule has 0 aliphatic carbocycles. The molecule has 1 rings (SSSR count). The maximum atomic E-state index is 12.6. The lowest BCUT2D eigenvalue weighted by Crippen LogP contribution is -2.27. The van der Waals surface area contributed by atoms with E-state index < -0.39 is 41.1 Å². The van der Waals surface area contributed by atoms with Crippen molar-refractivity contribution in [3.05, 3.63) is 27.7 Å². The van der Waals surface area contributed by atoms with E-state index >= 15 is 0 Å². The molecule has 1 aromatic heterocycles. The molecular formula is C9H5F6NO4. The fourth-order valence-corrected chi connectivity index (χ4v) is 1.20. The van der Waals surface area contributed by atoms with Crippen molar-refractivity contribution >= 4 is 5.97 Å². The Labute approximate surface area is 106 Å². The van der Waals surface area contributed by atoms with Gasteiger partial charge in [-0.05, 0) is 0 Å². The molecule has 0 atom stereocenters. The summed E-state index contributed by atoms with van der Waals surface area (Å²) in [7, 11) is 0.737. The summed E-state index contributed by atoms with van der Waals surface area (Å²) in [6, 6.07) is -0.224. The van der Waals surface area contributed by atoms with Crippen molar-refractivity contribution in [1.82, 2.24) is 4.98 Å². The van der Waals surface area contributed by atoms with Gasteiger partial charge in [-0.15, -0.1) is 13.2 Å². The molecule has 20 heavy (non-hydrogen) atoms. The Hall–Kier alpha value is -2.20. The summed E-state index contributed by atoms with van der Waals surface area (Å²) in [5, 5.41) is 0. The van der Waals surface area contributed by atoms with E-state index in [9.17, 15) is 35.9 Å². The van der Waals surface area contributed by atoms with Crippen molar-refractivity contribution in [2.24, 2.45) is 0 Å². The minimum Gasteiger partial charge on any atom is -0.464 e. The Bertz CT molecular complexity index is 573. The molecule has 0 saturated carbocycles. The Balaban J connectivity index is 3.48. The molecule has 0 aliphatic heterocycles. The van der Waals surface area contributed by atoms with Gasteiger partial charge in [0.25, 0.3) is 5.56 Å². The van der Waals surface area contributed by atoms with Crippen LogP contribution in [-0.2, 0) is 10.9 Å². The summed E-state index contributed by atoms with van der Waals surface area (Å²) in [6.07, 6.45) is -10.6. The molecule has 0 fully saturated rings. The fourth-order valence-electron chi connectivity index (χ4n) is 1.20. The van der Waals surface area contributed by atoms with E-state index in [1.165, 1.54) is 4.98 Å². The van der Waals surface area contributed by atoms with Gasteiger partial charge in [0.1, 0.15) is 5.69 Å². The van der Waals surface area contributed by atoms with Crippen LogP contribution in [0.3, 0.4) is 0 Å². The number of hydrogen-bond donors (Lipinski definition) is 1. The van der Waals surface area contributed by atoms with Crippen molar-refractivity contribution in [3.63, 3.8) is 0 Å². The average molecular weight is 305 g/mol. The maximum absolute atomic E-state index is 12.6. The zero-order chi connectivity index (χ0) is 15.7. The molecule has 0 aliphatic rings. The third-order valence-electron chi connectivity index (χ3n) is 1.93. The number of ether oxygens (including phenoxy) is 2. The van der Waals surface area contributed by atoms with Crippen LogP contribution in [0.15, 0.2) is 10.9 Å². The van der Waals surface area contributed by atoms with E-state index in [4.69, 9.17) is 0 Å². The summed E-state index contributed by atoms with van der Waals surface area (Å²) < 4.78 is 80.8. The Kier molecular flexibility index (Phi) is 4.01. The number of H-pyrrole nitrogens is 1. The zero-order valence-electron chi connectivity index (χ0n) is 9.48. The molecule has 5 nitrogen and oxygen atoms in total. The normalized spacial score (nSPS) is 12.2. The van der Waals surface area contributed by atoms with Gasteiger partial charge in [0, 0.05) is 6.07 Å². The van der Waals surface area contributed by atoms with Crippen LogP contribution in [0, 0.1) is 0 Å². The number of carbonyl (C=O) groups excluding carboxylic acids is 1. The summed E-state index contributed by atoms with van der Waals surface area (Å²) in [5.41, 5.74) is -4.79. The SMILES string of the molecule is COC(=O)c1[nH]c(=O)c(OC(F)(F)F)cc1C(F)(F)F. The minimum absolute atomic E-state index is 0.224. The first-order chi connectivity index (χ1) is 8.95. The number of carbonyl (C=O) groups is 1. The number of aromatic nitrogens is 1. The topological polar surface area (TPSA) is 68.4 Å². The first kappa shape index (κ1) is 15.9. The molecule has 0 saturated heterocycles. The van der Waals surface area contributed by atoms with Gasteiger partial charge in [0.2, 0.25) is 0 Å². The molecule has 0 aromatic carbocycles. The predicted molar refractivity (Wildman–Crippen MR) is 50.1 cm³/mol. The van der Waals surface area contributed by atoms with Gasteiger partial charge in [0.15, 0.2) is 5.75 Å². The number of rotatable bonds is 2. The van der Waals surface area contributed by atoms with Crippen molar-refractivity contribution in [1.29, 1.82) is 0 Å². The third-order valence-corrected chi connectivity index (χ3v) is 1.93. The average Bonchev–Trinajstić information content (AvgIpc) is 2.27. The molecular weight excluding hydrogens is 300 g/mol. The predicted octanol–water partition coefficient (Wildman–Crippen LogP) is 2.08. The smallest absolute Gasteiger partial charge is 0.464 e. The molecule has 0 bridgehead atoms. The van der Waals surface area contributed by atoms with Gasteiger partial charge in [-0.2, -0.15) is 13.2 Å². The zero-order valence-corrected chi connectivity index (χ0v) is 9.48. The number of halogens is 6. The number of nitrogens with one attached hydrogen (secondary N) is 1. The maximum Gasteiger partial charge on any atom is 0.573 e. The lowest BCUT2D eigenvalue weighted by atomic mass is 10.2. The molecule has 0 radical (unpaired) electrons. The second-order valence-corrected chi connectivity index (χ2v) is 3.29. The molecule has 1 N–H and O–H groups in total. The fraction of sp³-hybridized carbons (Fsp3) is 0.333. The molecule has 1 heterocycles. The molecule has 1 aromatic rings. The highest BCUT2D eigenvalue weighted by atomic mass is 19.4. The summed E-state index contributed by atoms with van der Waals surface area (Å²) in [4.78, 5) is 23.6. The number of methoxy groups -OCH3 is 1. The number of hydrogen-bond acceptors (Lipinski definition) is 4.